The Balaban J connectivity index is 1.29. The Kier molecular flexibility index (Phi) is 15.5. The zero-order valence-electron chi connectivity index (χ0n) is 36.4. The van der Waals surface area contributed by atoms with Crippen LogP contribution in [0.5, 0.6) is 0 Å². The number of primary amides is 1. The van der Waals surface area contributed by atoms with Crippen LogP contribution in [-0.2, 0) is 49.6 Å². The molecule has 344 valence electrons. The van der Waals surface area contributed by atoms with Gasteiger partial charge in [0.15, 0.2) is 0 Å². The molecule has 2 aromatic rings. The predicted octanol–water partition coefficient (Wildman–Crippen LogP) is -1.32. The molecule has 20 nitrogen and oxygen atoms in total. The standard InChI is InChI=1S/C42H60N10O10S/c1-20(2)14-27-39(59)52-18-30(52)33(51-13-9-12-29(51)37(57)47-27)38(58)50-42(5,6)41(62)48-28(19-63)36(56)46-26(16-31(43)53)34(54)45-25(35(55)49-32(21(3)4)40(60)61)15-22-17-44-24-11-8-7-10-23(22)24/h7-8,10-11,17,20-21,25-30,32-33,44,63H,9,12-16,18-19H2,1-6H3,(H2,43,53)(H,45,54)(H,46,56)(H,47,57)(H,48,62)(H,49,55)(H,50,58)(H,60,61)/t25-,26-,27-,28-,29-,30-,32-,33+,52?/m0/s1. The minimum absolute atomic E-state index is 0.112. The number of amides is 8. The van der Waals surface area contributed by atoms with Crippen molar-refractivity contribution in [3.63, 3.8) is 0 Å². The minimum atomic E-state index is -1.66. The van der Waals surface area contributed by atoms with Gasteiger partial charge >= 0.3 is 5.97 Å². The van der Waals surface area contributed by atoms with E-state index in [-0.39, 0.29) is 29.9 Å². The number of nitrogens with one attached hydrogen (secondary N) is 7. The number of aromatic nitrogens is 1. The number of carbonyl (C=O) groups excluding carboxylic acids is 8. The summed E-state index contributed by atoms with van der Waals surface area (Å²) >= 11 is 4.24. The molecule has 0 aliphatic carbocycles. The smallest absolute Gasteiger partial charge is 0.326 e. The Morgan fingerprint density at radius 1 is 0.937 bits per heavy atom. The lowest BCUT2D eigenvalue weighted by molar-refractivity contribution is -0.143. The summed E-state index contributed by atoms with van der Waals surface area (Å²) < 4.78 is 0. The van der Waals surface area contributed by atoms with Crippen molar-refractivity contribution in [1.29, 1.82) is 0 Å². The average Bonchev–Trinajstić information content (AvgIpc) is 3.61. The SMILES string of the molecule is CC(C)C[C@@H]1NC(=O)[C@@H]2CCCN2[C@@H](C(=O)NC(C)(C)C(=O)N[C@@H](CS)C(=O)N[C@@H](CC(N)=O)C(=O)N[C@@H](Cc2c[nH]c3ccccc23)C(=O)N[C@H](C(=O)O)C(C)C)[C@@H]2CN2C1=O. The van der Waals surface area contributed by atoms with E-state index in [1.165, 1.54) is 13.8 Å². The fourth-order valence-corrected chi connectivity index (χ4v) is 8.47. The first kappa shape index (κ1) is 48.3. The molecule has 63 heavy (non-hydrogen) atoms. The normalized spacial score (nSPS) is 22.0. The van der Waals surface area contributed by atoms with Crippen LogP contribution in [0.3, 0.4) is 0 Å². The van der Waals surface area contributed by atoms with Gasteiger partial charge in [-0.15, -0.1) is 0 Å². The van der Waals surface area contributed by atoms with Crippen LogP contribution in [0, 0.1) is 11.8 Å². The molecule has 0 saturated carbocycles. The average molecular weight is 897 g/mol. The zero-order chi connectivity index (χ0) is 46.5. The third kappa shape index (κ3) is 11.7. The Labute approximate surface area is 370 Å². The molecule has 0 unspecified atom stereocenters. The summed E-state index contributed by atoms with van der Waals surface area (Å²) in [7, 11) is 0. The first-order valence-electron chi connectivity index (χ1n) is 21.2. The van der Waals surface area contributed by atoms with Gasteiger partial charge in [-0.05, 0) is 63.1 Å². The van der Waals surface area contributed by atoms with Crippen molar-refractivity contribution >= 4 is 76.8 Å². The van der Waals surface area contributed by atoms with Crippen molar-refractivity contribution < 1.29 is 48.3 Å². The van der Waals surface area contributed by atoms with Crippen molar-refractivity contribution in [3.05, 3.63) is 36.0 Å². The summed E-state index contributed by atoms with van der Waals surface area (Å²) in [5.74, 6) is -7.74. The number of fused-ring (bicyclic) bond motifs is 3. The molecule has 8 amide bonds. The number of H-pyrrole nitrogens is 1. The number of thiol groups is 1. The lowest BCUT2D eigenvalue weighted by Gasteiger charge is -2.34. The van der Waals surface area contributed by atoms with Gasteiger partial charge in [-0.3, -0.25) is 43.3 Å². The van der Waals surface area contributed by atoms with E-state index < -0.39 is 108 Å². The van der Waals surface area contributed by atoms with Crippen LogP contribution in [0.1, 0.15) is 72.8 Å². The molecule has 0 radical (unpaired) electrons. The van der Waals surface area contributed by atoms with Gasteiger partial charge in [0.05, 0.1) is 18.5 Å². The molecule has 5 rings (SSSR count). The number of carboxylic acids is 1. The molecule has 3 aliphatic rings. The van der Waals surface area contributed by atoms with Gasteiger partial charge < -0.3 is 52.6 Å². The van der Waals surface area contributed by atoms with Crippen molar-refractivity contribution in [2.75, 3.05) is 18.8 Å². The Hall–Kier alpha value is -5.70. The van der Waals surface area contributed by atoms with E-state index in [4.69, 9.17) is 5.73 Å². The number of carboxylic acid groups (broad SMARTS) is 1. The Morgan fingerprint density at radius 2 is 1.59 bits per heavy atom. The molecule has 0 bridgehead atoms. The second-order valence-electron chi connectivity index (χ2n) is 17.8. The molecule has 3 saturated heterocycles. The fourth-order valence-electron chi connectivity index (χ4n) is 8.21. The largest absolute Gasteiger partial charge is 0.480 e. The van der Waals surface area contributed by atoms with Crippen molar-refractivity contribution in [1.82, 2.24) is 46.7 Å². The maximum Gasteiger partial charge on any atom is 0.326 e. The maximum absolute atomic E-state index is 14.1. The van der Waals surface area contributed by atoms with E-state index in [1.54, 1.807) is 48.0 Å². The van der Waals surface area contributed by atoms with Crippen LogP contribution in [0.15, 0.2) is 30.5 Å². The molecule has 3 fully saturated rings. The summed E-state index contributed by atoms with van der Waals surface area (Å²) in [4.78, 5) is 127. The molecule has 1 aromatic heterocycles. The summed E-state index contributed by atoms with van der Waals surface area (Å²) in [6.45, 7) is 10.7. The molecule has 0 spiro atoms. The fraction of sp³-hybridized carbons (Fsp3) is 0.595. The van der Waals surface area contributed by atoms with E-state index in [9.17, 15) is 48.3 Å². The molecular formula is C42H60N10O10S. The maximum atomic E-state index is 14.1. The number of hydrogen-bond acceptors (Lipinski definition) is 11. The highest BCUT2D eigenvalue weighted by Crippen LogP contribution is 2.33. The summed E-state index contributed by atoms with van der Waals surface area (Å²) in [5, 5.41) is 26.1. The molecule has 3 aliphatic heterocycles. The van der Waals surface area contributed by atoms with Crippen LogP contribution in [-0.4, -0.2) is 146 Å². The summed E-state index contributed by atoms with van der Waals surface area (Å²) in [6, 6.07) is -1.38. The second-order valence-corrected chi connectivity index (χ2v) is 18.2. The number of rotatable bonds is 19. The lowest BCUT2D eigenvalue weighted by Crippen LogP contribution is -2.64. The number of carbonyl (C=O) groups is 9. The van der Waals surface area contributed by atoms with Crippen LogP contribution in [0.25, 0.3) is 10.9 Å². The lowest BCUT2D eigenvalue weighted by atomic mass is 10.0. The Morgan fingerprint density at radius 3 is 2.22 bits per heavy atom. The molecule has 4 heterocycles. The van der Waals surface area contributed by atoms with E-state index in [1.807, 2.05) is 19.9 Å². The van der Waals surface area contributed by atoms with Crippen LogP contribution < -0.4 is 37.6 Å². The van der Waals surface area contributed by atoms with E-state index in [0.29, 0.717) is 37.9 Å². The second kappa shape index (κ2) is 20.2. The van der Waals surface area contributed by atoms with Crippen LogP contribution >= 0.6 is 12.6 Å². The zero-order valence-corrected chi connectivity index (χ0v) is 37.3. The number of benzene rings is 1. The Bertz CT molecular complexity index is 2110. The molecule has 10 N–H and O–H groups in total. The van der Waals surface area contributed by atoms with Gasteiger partial charge in [-0.2, -0.15) is 12.6 Å². The van der Waals surface area contributed by atoms with E-state index in [0.717, 1.165) is 10.9 Å². The number of aliphatic carboxylic acids is 1. The van der Waals surface area contributed by atoms with E-state index >= 15 is 0 Å². The summed E-state index contributed by atoms with van der Waals surface area (Å²) in [6.07, 6.45) is 2.40. The first-order chi connectivity index (χ1) is 29.6. The van der Waals surface area contributed by atoms with Gasteiger partial charge in [0.1, 0.15) is 41.8 Å². The highest BCUT2D eigenvalue weighted by atomic mass is 32.1. The van der Waals surface area contributed by atoms with Gasteiger partial charge in [-0.1, -0.05) is 45.9 Å². The highest BCUT2D eigenvalue weighted by Gasteiger charge is 2.56. The monoisotopic (exact) mass is 896 g/mol. The minimum Gasteiger partial charge on any atom is -0.480 e. The molecule has 21 heteroatoms. The number of aromatic amines is 1. The van der Waals surface area contributed by atoms with Gasteiger partial charge in [0.2, 0.25) is 47.3 Å². The van der Waals surface area contributed by atoms with Gasteiger partial charge in [-0.25, -0.2) is 4.79 Å². The topological polar surface area (TPSA) is 294 Å². The first-order valence-corrected chi connectivity index (χ1v) is 21.8. The predicted molar refractivity (Wildman–Crippen MR) is 232 cm³/mol. The summed E-state index contributed by atoms with van der Waals surface area (Å²) in [5.41, 5.74) is 5.18. The molecule has 1 aromatic carbocycles. The molecular weight excluding hydrogens is 837 g/mol. The highest BCUT2D eigenvalue weighted by molar-refractivity contribution is 7.80. The quantitative estimate of drug-likeness (QED) is 0.0583. The van der Waals surface area contributed by atoms with Crippen molar-refractivity contribution in [3.8, 4) is 0 Å². The van der Waals surface area contributed by atoms with Gasteiger partial charge in [0, 0.05) is 35.8 Å². The number of hydrogen-bond donors (Lipinski definition) is 10. The molecule has 8 atom stereocenters. The van der Waals surface area contributed by atoms with Crippen LogP contribution in [0.4, 0.5) is 0 Å². The van der Waals surface area contributed by atoms with Crippen LogP contribution in [0.2, 0.25) is 0 Å². The van der Waals surface area contributed by atoms with Crippen molar-refractivity contribution in [2.24, 2.45) is 17.6 Å². The van der Waals surface area contributed by atoms with Crippen molar-refractivity contribution in [2.45, 2.75) is 128 Å². The third-order valence-electron chi connectivity index (χ3n) is 11.7. The van der Waals surface area contributed by atoms with Gasteiger partial charge in [0.25, 0.3) is 0 Å². The number of para-hydroxylation sites is 1. The van der Waals surface area contributed by atoms with E-state index in [2.05, 4.69) is 49.5 Å². The third-order valence-corrected chi connectivity index (χ3v) is 12.0. The number of nitrogens with two attached hydrogens (primary N) is 1. The number of nitrogens with zero attached hydrogens (tertiary/aromatic N) is 2.